The first-order valence-corrected chi connectivity index (χ1v) is 8.08. The SMILES string of the molecule is CC(C)(C)C(=O)Nc1ncc([C@@H]2CCC[C@H](O)C2)nc1Br. The molecule has 5 nitrogen and oxygen atoms in total. The van der Waals surface area contributed by atoms with Crippen molar-refractivity contribution >= 4 is 27.7 Å². The van der Waals surface area contributed by atoms with Gasteiger partial charge >= 0.3 is 0 Å². The number of rotatable bonds is 2. The van der Waals surface area contributed by atoms with Gasteiger partial charge in [-0.25, -0.2) is 9.97 Å². The Labute approximate surface area is 133 Å². The number of nitrogens with one attached hydrogen (secondary N) is 1. The third-order valence-electron chi connectivity index (χ3n) is 3.73. The molecule has 1 aliphatic rings. The molecule has 1 aromatic heterocycles. The Morgan fingerprint density at radius 1 is 1.43 bits per heavy atom. The molecule has 0 radical (unpaired) electrons. The van der Waals surface area contributed by atoms with E-state index in [4.69, 9.17) is 0 Å². The van der Waals surface area contributed by atoms with Crippen molar-refractivity contribution in [2.45, 2.75) is 58.5 Å². The number of carbonyl (C=O) groups is 1. The van der Waals surface area contributed by atoms with Crippen molar-refractivity contribution in [2.24, 2.45) is 5.41 Å². The van der Waals surface area contributed by atoms with Gasteiger partial charge in [-0.1, -0.05) is 27.2 Å². The fraction of sp³-hybridized carbons (Fsp3) is 0.667. The van der Waals surface area contributed by atoms with Crippen LogP contribution in [-0.4, -0.2) is 27.1 Å². The van der Waals surface area contributed by atoms with Crippen molar-refractivity contribution in [3.63, 3.8) is 0 Å². The van der Waals surface area contributed by atoms with Crippen molar-refractivity contribution in [3.05, 3.63) is 16.5 Å². The van der Waals surface area contributed by atoms with Crippen LogP contribution in [0.15, 0.2) is 10.8 Å². The van der Waals surface area contributed by atoms with Crippen molar-refractivity contribution in [1.82, 2.24) is 9.97 Å². The smallest absolute Gasteiger partial charge is 0.230 e. The predicted molar refractivity (Wildman–Crippen MR) is 85.0 cm³/mol. The fourth-order valence-electron chi connectivity index (χ4n) is 2.39. The Morgan fingerprint density at radius 3 is 2.71 bits per heavy atom. The molecule has 1 fully saturated rings. The molecule has 2 rings (SSSR count). The van der Waals surface area contributed by atoms with Gasteiger partial charge in [0.1, 0.15) is 4.60 Å². The number of aliphatic hydroxyl groups excluding tert-OH is 1. The second-order valence-corrected chi connectivity index (χ2v) is 7.41. The number of aliphatic hydroxyl groups is 1. The minimum Gasteiger partial charge on any atom is -0.393 e. The van der Waals surface area contributed by atoms with Gasteiger partial charge in [0.25, 0.3) is 0 Å². The molecule has 0 saturated heterocycles. The summed E-state index contributed by atoms with van der Waals surface area (Å²) < 4.78 is 0.540. The zero-order valence-electron chi connectivity index (χ0n) is 12.7. The first-order valence-electron chi connectivity index (χ1n) is 7.29. The highest BCUT2D eigenvalue weighted by atomic mass is 79.9. The van der Waals surface area contributed by atoms with Gasteiger partial charge < -0.3 is 10.4 Å². The third kappa shape index (κ3) is 4.23. The fourth-order valence-corrected chi connectivity index (χ4v) is 2.79. The van der Waals surface area contributed by atoms with E-state index < -0.39 is 5.41 Å². The Hall–Kier alpha value is -1.01. The summed E-state index contributed by atoms with van der Waals surface area (Å²) in [7, 11) is 0. The highest BCUT2D eigenvalue weighted by Gasteiger charge is 2.25. The van der Waals surface area contributed by atoms with Crippen LogP contribution in [0.4, 0.5) is 5.82 Å². The van der Waals surface area contributed by atoms with Crippen LogP contribution >= 0.6 is 15.9 Å². The summed E-state index contributed by atoms with van der Waals surface area (Å²) in [4.78, 5) is 20.8. The van der Waals surface area contributed by atoms with Gasteiger partial charge in [0.15, 0.2) is 5.82 Å². The van der Waals surface area contributed by atoms with E-state index in [0.29, 0.717) is 10.4 Å². The van der Waals surface area contributed by atoms with E-state index in [1.165, 1.54) is 0 Å². The largest absolute Gasteiger partial charge is 0.393 e. The first kappa shape index (κ1) is 16.4. The maximum atomic E-state index is 12.0. The number of amides is 1. The number of anilines is 1. The monoisotopic (exact) mass is 355 g/mol. The number of aromatic nitrogens is 2. The van der Waals surface area contributed by atoms with Gasteiger partial charge in [-0.05, 0) is 35.2 Å². The molecule has 1 saturated carbocycles. The lowest BCUT2D eigenvalue weighted by Gasteiger charge is -2.25. The van der Waals surface area contributed by atoms with E-state index in [0.717, 1.165) is 31.4 Å². The van der Waals surface area contributed by atoms with Crippen LogP contribution in [0.2, 0.25) is 0 Å². The minimum absolute atomic E-state index is 0.0988. The lowest BCUT2D eigenvalue weighted by molar-refractivity contribution is -0.123. The van der Waals surface area contributed by atoms with Crippen molar-refractivity contribution < 1.29 is 9.90 Å². The molecular weight excluding hydrogens is 334 g/mol. The summed E-state index contributed by atoms with van der Waals surface area (Å²) in [6.45, 7) is 5.55. The molecule has 0 spiro atoms. The summed E-state index contributed by atoms with van der Waals surface area (Å²) >= 11 is 3.37. The number of halogens is 1. The van der Waals surface area contributed by atoms with Crippen LogP contribution in [0.3, 0.4) is 0 Å². The number of hydrogen-bond donors (Lipinski definition) is 2. The lowest BCUT2D eigenvalue weighted by atomic mass is 9.85. The van der Waals surface area contributed by atoms with E-state index in [2.05, 4.69) is 31.2 Å². The molecule has 1 aliphatic carbocycles. The Bertz CT molecular complexity index is 528. The predicted octanol–water partition coefficient (Wildman–Crippen LogP) is 3.24. The number of hydrogen-bond acceptors (Lipinski definition) is 4. The molecule has 21 heavy (non-hydrogen) atoms. The molecule has 6 heteroatoms. The van der Waals surface area contributed by atoms with E-state index >= 15 is 0 Å². The molecule has 0 unspecified atom stereocenters. The summed E-state index contributed by atoms with van der Waals surface area (Å²) in [6, 6.07) is 0. The van der Waals surface area contributed by atoms with E-state index in [9.17, 15) is 9.90 Å². The second kappa shape index (κ2) is 6.40. The molecule has 2 N–H and O–H groups in total. The number of carbonyl (C=O) groups excluding carboxylic acids is 1. The number of nitrogens with zero attached hydrogens (tertiary/aromatic N) is 2. The van der Waals surface area contributed by atoms with Crippen LogP contribution in [0.25, 0.3) is 0 Å². The standard InChI is InChI=1S/C15H22BrN3O2/c1-15(2,3)14(21)19-13-12(16)18-11(8-17-13)9-5-4-6-10(20)7-9/h8-10,20H,4-7H2,1-3H3,(H,17,19,21)/t9-,10+/m1/s1. The van der Waals surface area contributed by atoms with Gasteiger partial charge in [-0.3, -0.25) is 4.79 Å². The summed E-state index contributed by atoms with van der Waals surface area (Å²) in [5, 5.41) is 12.5. The minimum atomic E-state index is -0.479. The van der Waals surface area contributed by atoms with E-state index in [-0.39, 0.29) is 17.9 Å². The highest BCUT2D eigenvalue weighted by molar-refractivity contribution is 9.10. The Morgan fingerprint density at radius 2 is 2.14 bits per heavy atom. The van der Waals surface area contributed by atoms with Crippen molar-refractivity contribution in [3.8, 4) is 0 Å². The molecule has 0 aromatic carbocycles. The average molecular weight is 356 g/mol. The Kier molecular flexibility index (Phi) is 4.99. The summed E-state index contributed by atoms with van der Waals surface area (Å²) in [6.07, 6.45) is 5.08. The molecular formula is C15H22BrN3O2. The zero-order valence-corrected chi connectivity index (χ0v) is 14.3. The van der Waals surface area contributed by atoms with Crippen LogP contribution in [0.1, 0.15) is 58.1 Å². The Balaban J connectivity index is 2.12. The van der Waals surface area contributed by atoms with Gasteiger partial charge in [0, 0.05) is 11.3 Å². The van der Waals surface area contributed by atoms with Crippen molar-refractivity contribution in [1.29, 1.82) is 0 Å². The maximum absolute atomic E-state index is 12.0. The van der Waals surface area contributed by atoms with Gasteiger partial charge in [0.05, 0.1) is 18.0 Å². The van der Waals surface area contributed by atoms with Crippen LogP contribution < -0.4 is 5.32 Å². The molecule has 0 aliphatic heterocycles. The van der Waals surface area contributed by atoms with E-state index in [1.807, 2.05) is 20.8 Å². The third-order valence-corrected chi connectivity index (χ3v) is 4.28. The normalized spacial score (nSPS) is 22.9. The van der Waals surface area contributed by atoms with Crippen LogP contribution in [0, 0.1) is 5.41 Å². The molecule has 116 valence electrons. The van der Waals surface area contributed by atoms with Crippen LogP contribution in [-0.2, 0) is 4.79 Å². The first-order chi connectivity index (χ1) is 9.77. The zero-order chi connectivity index (χ0) is 15.6. The van der Waals surface area contributed by atoms with Gasteiger partial charge in [-0.2, -0.15) is 0 Å². The molecule has 2 atom stereocenters. The quantitative estimate of drug-likeness (QED) is 0.853. The van der Waals surface area contributed by atoms with Gasteiger partial charge in [-0.15, -0.1) is 0 Å². The molecule has 1 heterocycles. The summed E-state index contributed by atoms with van der Waals surface area (Å²) in [5.41, 5.74) is 0.391. The lowest BCUT2D eigenvalue weighted by Crippen LogP contribution is -2.28. The topological polar surface area (TPSA) is 75.1 Å². The molecule has 1 amide bonds. The molecule has 1 aromatic rings. The highest BCUT2D eigenvalue weighted by Crippen LogP contribution is 2.33. The molecule has 0 bridgehead atoms. The summed E-state index contributed by atoms with van der Waals surface area (Å²) in [5.74, 6) is 0.582. The van der Waals surface area contributed by atoms with Crippen molar-refractivity contribution in [2.75, 3.05) is 5.32 Å². The average Bonchev–Trinajstić information content (AvgIpc) is 2.40. The van der Waals surface area contributed by atoms with Gasteiger partial charge in [0.2, 0.25) is 5.91 Å². The van der Waals surface area contributed by atoms with Crippen LogP contribution in [0.5, 0.6) is 0 Å². The second-order valence-electron chi connectivity index (χ2n) is 6.66. The van der Waals surface area contributed by atoms with E-state index in [1.54, 1.807) is 6.20 Å². The maximum Gasteiger partial charge on any atom is 0.230 e.